The van der Waals surface area contributed by atoms with Gasteiger partial charge in [0.2, 0.25) is 0 Å². The van der Waals surface area contributed by atoms with Crippen molar-refractivity contribution in [1.82, 2.24) is 14.9 Å². The number of amides is 1. The molecule has 0 unspecified atom stereocenters. The second-order valence-corrected chi connectivity index (χ2v) is 8.46. The van der Waals surface area contributed by atoms with Gasteiger partial charge < -0.3 is 0 Å². The first-order valence-corrected chi connectivity index (χ1v) is 10.8. The lowest BCUT2D eigenvalue weighted by atomic mass is 9.95. The van der Waals surface area contributed by atoms with Crippen molar-refractivity contribution in [2.75, 3.05) is 18.4 Å². The average molecular weight is 433 g/mol. The molecule has 0 spiro atoms. The molecule has 0 fully saturated rings. The Kier molecular flexibility index (Phi) is 4.84. The largest absolute Gasteiger partial charge is 0.299 e. The highest BCUT2D eigenvalue weighted by molar-refractivity contribution is 7.22. The molecule has 1 N–H and O–H groups in total. The van der Waals surface area contributed by atoms with Gasteiger partial charge in [-0.25, -0.2) is 4.98 Å². The molecule has 9 heteroatoms. The maximum absolute atomic E-state index is 13.4. The molecule has 0 radical (unpaired) electrons. The first-order valence-electron chi connectivity index (χ1n) is 10.0. The number of likely N-dealkylation sites (N-methyl/N-ethyl adjacent to an activating group) is 1. The summed E-state index contributed by atoms with van der Waals surface area (Å²) < 4.78 is 0.656. The number of hydrogen-bond donors (Lipinski definition) is 1. The Morgan fingerprint density at radius 3 is 2.87 bits per heavy atom. The van der Waals surface area contributed by atoms with E-state index in [4.69, 9.17) is 4.98 Å². The molecule has 3 heterocycles. The number of pyridine rings is 1. The number of fused-ring (bicyclic) bond motifs is 3. The molecule has 1 aliphatic rings. The molecule has 31 heavy (non-hydrogen) atoms. The number of anilines is 1. The van der Waals surface area contributed by atoms with E-state index in [0.29, 0.717) is 27.5 Å². The Morgan fingerprint density at radius 2 is 2.06 bits per heavy atom. The number of nitro groups is 1. The summed E-state index contributed by atoms with van der Waals surface area (Å²) in [5.41, 5.74) is 3.97. The van der Waals surface area contributed by atoms with E-state index in [1.807, 2.05) is 24.3 Å². The van der Waals surface area contributed by atoms with Crippen molar-refractivity contribution in [3.8, 4) is 0 Å². The molecule has 0 aliphatic carbocycles. The summed E-state index contributed by atoms with van der Waals surface area (Å²) >= 11 is 1.23. The molecule has 0 atom stereocenters. The van der Waals surface area contributed by atoms with Crippen molar-refractivity contribution in [2.45, 2.75) is 19.9 Å². The van der Waals surface area contributed by atoms with Gasteiger partial charge in [0.25, 0.3) is 11.6 Å². The highest BCUT2D eigenvalue weighted by Gasteiger charge is 2.26. The number of non-ortho nitro benzene ring substituents is 1. The van der Waals surface area contributed by atoms with E-state index < -0.39 is 4.92 Å². The summed E-state index contributed by atoms with van der Waals surface area (Å²) in [7, 11) is 0. The van der Waals surface area contributed by atoms with E-state index >= 15 is 0 Å². The van der Waals surface area contributed by atoms with E-state index in [1.165, 1.54) is 23.5 Å². The smallest absolute Gasteiger partial charge is 0.270 e. The molecule has 5 rings (SSSR count). The number of hydrogen-bond acceptors (Lipinski definition) is 7. The maximum Gasteiger partial charge on any atom is 0.270 e. The number of nitrogens with zero attached hydrogens (tertiary/aromatic N) is 4. The molecular formula is C22H19N5O3S. The quantitative estimate of drug-likeness (QED) is 0.378. The molecule has 156 valence electrons. The van der Waals surface area contributed by atoms with Gasteiger partial charge in [-0.1, -0.05) is 36.5 Å². The van der Waals surface area contributed by atoms with Crippen LogP contribution in [0.1, 0.15) is 28.5 Å². The number of para-hydroxylation sites is 1. The Morgan fingerprint density at radius 1 is 1.23 bits per heavy atom. The van der Waals surface area contributed by atoms with Crippen LogP contribution in [0.3, 0.4) is 0 Å². The van der Waals surface area contributed by atoms with Gasteiger partial charge in [0.05, 0.1) is 26.2 Å². The number of nitrogens with one attached hydrogen (secondary N) is 1. The van der Waals surface area contributed by atoms with Crippen molar-refractivity contribution in [3.05, 3.63) is 69.4 Å². The number of rotatable bonds is 4. The van der Waals surface area contributed by atoms with Gasteiger partial charge in [0, 0.05) is 48.3 Å². The Balaban J connectivity index is 1.56. The minimum atomic E-state index is -0.438. The standard InChI is InChI=1S/C22H19N5O3S/c1-2-26-10-9-17-15(12-26)20(14-5-3-4-6-16(14)23-17)21(28)25-22-24-18-8-7-13(27(29)30)11-19(18)31-22/h3-8,11H,2,9-10,12H2,1H3,(H,24,25,28). The van der Waals surface area contributed by atoms with Crippen LogP contribution in [0.2, 0.25) is 0 Å². The fourth-order valence-electron chi connectivity index (χ4n) is 4.02. The molecule has 2 aromatic carbocycles. The monoisotopic (exact) mass is 433 g/mol. The van der Waals surface area contributed by atoms with Gasteiger partial charge in [-0.2, -0.15) is 0 Å². The van der Waals surface area contributed by atoms with Crippen LogP contribution in [0.15, 0.2) is 42.5 Å². The third-order valence-electron chi connectivity index (χ3n) is 5.60. The molecule has 1 amide bonds. The number of carbonyl (C=O) groups excluding carboxylic acids is 1. The number of thiazole rings is 1. The van der Waals surface area contributed by atoms with Gasteiger partial charge in [-0.05, 0) is 18.7 Å². The van der Waals surface area contributed by atoms with Crippen molar-refractivity contribution in [1.29, 1.82) is 0 Å². The van der Waals surface area contributed by atoms with Crippen LogP contribution < -0.4 is 5.32 Å². The van der Waals surface area contributed by atoms with Crippen molar-refractivity contribution in [3.63, 3.8) is 0 Å². The molecule has 2 aromatic heterocycles. The molecule has 0 saturated heterocycles. The third-order valence-corrected chi connectivity index (χ3v) is 6.54. The molecule has 4 aromatic rings. The summed E-state index contributed by atoms with van der Waals surface area (Å²) in [4.78, 5) is 35.6. The zero-order chi connectivity index (χ0) is 21.5. The Bertz CT molecular complexity index is 1350. The number of benzene rings is 2. The fourth-order valence-corrected chi connectivity index (χ4v) is 4.91. The van der Waals surface area contributed by atoms with Crippen LogP contribution in [-0.2, 0) is 13.0 Å². The van der Waals surface area contributed by atoms with E-state index in [0.717, 1.165) is 41.7 Å². The molecule has 8 nitrogen and oxygen atoms in total. The lowest BCUT2D eigenvalue weighted by Crippen LogP contribution is -2.33. The van der Waals surface area contributed by atoms with Crippen molar-refractivity contribution < 1.29 is 9.72 Å². The van der Waals surface area contributed by atoms with E-state index in [9.17, 15) is 14.9 Å². The lowest BCUT2D eigenvalue weighted by Gasteiger charge is -2.29. The molecule has 1 aliphatic heterocycles. The van der Waals surface area contributed by atoms with E-state index in [-0.39, 0.29) is 11.6 Å². The van der Waals surface area contributed by atoms with E-state index in [1.54, 1.807) is 6.07 Å². The normalized spacial score (nSPS) is 14.0. The van der Waals surface area contributed by atoms with E-state index in [2.05, 4.69) is 22.1 Å². The summed E-state index contributed by atoms with van der Waals surface area (Å²) in [6.07, 6.45) is 0.805. The van der Waals surface area contributed by atoms with Gasteiger partial charge in [0.15, 0.2) is 5.13 Å². The molecule has 0 bridgehead atoms. The van der Waals surface area contributed by atoms with Gasteiger partial charge in [-0.15, -0.1) is 0 Å². The Labute approximate surface area is 181 Å². The highest BCUT2D eigenvalue weighted by atomic mass is 32.1. The SMILES string of the molecule is CCN1CCc2nc3ccccc3c(C(=O)Nc3nc4ccc([N+](=O)[O-])cc4s3)c2C1. The third kappa shape index (κ3) is 3.51. The first kappa shape index (κ1) is 19.5. The van der Waals surface area contributed by atoms with Crippen molar-refractivity contribution >= 4 is 49.2 Å². The predicted molar refractivity (Wildman–Crippen MR) is 121 cm³/mol. The number of aromatic nitrogens is 2. The topological polar surface area (TPSA) is 101 Å². The first-order chi connectivity index (χ1) is 15.0. The summed E-state index contributed by atoms with van der Waals surface area (Å²) in [5.74, 6) is -0.235. The fraction of sp³-hybridized carbons (Fsp3) is 0.227. The zero-order valence-corrected chi connectivity index (χ0v) is 17.6. The summed E-state index contributed by atoms with van der Waals surface area (Å²) in [5, 5.41) is 15.2. The van der Waals surface area contributed by atoms with Gasteiger partial charge >= 0.3 is 0 Å². The maximum atomic E-state index is 13.4. The minimum Gasteiger partial charge on any atom is -0.299 e. The van der Waals surface area contributed by atoms with Crippen LogP contribution in [0, 0.1) is 10.1 Å². The molecule has 0 saturated carbocycles. The van der Waals surface area contributed by atoms with Crippen molar-refractivity contribution in [2.24, 2.45) is 0 Å². The lowest BCUT2D eigenvalue weighted by molar-refractivity contribution is -0.384. The second-order valence-electron chi connectivity index (χ2n) is 7.43. The molecular weight excluding hydrogens is 414 g/mol. The average Bonchev–Trinajstić information content (AvgIpc) is 3.18. The van der Waals surface area contributed by atoms with Crippen LogP contribution in [0.5, 0.6) is 0 Å². The van der Waals surface area contributed by atoms with Crippen LogP contribution in [-0.4, -0.2) is 38.8 Å². The number of nitro benzene ring substituents is 1. The van der Waals surface area contributed by atoms with Gasteiger partial charge in [-0.3, -0.25) is 30.1 Å². The second kappa shape index (κ2) is 7.68. The Hall–Kier alpha value is -3.43. The summed E-state index contributed by atoms with van der Waals surface area (Å²) in [6.45, 7) is 4.62. The highest BCUT2D eigenvalue weighted by Crippen LogP contribution is 2.32. The predicted octanol–water partition coefficient (Wildman–Crippen LogP) is 4.38. The van der Waals surface area contributed by atoms with Crippen LogP contribution >= 0.6 is 11.3 Å². The van der Waals surface area contributed by atoms with Crippen LogP contribution in [0.25, 0.3) is 21.1 Å². The minimum absolute atomic E-state index is 0.00267. The van der Waals surface area contributed by atoms with Crippen LogP contribution in [0.4, 0.5) is 10.8 Å². The number of carbonyl (C=O) groups is 1. The zero-order valence-electron chi connectivity index (χ0n) is 16.8. The van der Waals surface area contributed by atoms with Gasteiger partial charge in [0.1, 0.15) is 0 Å². The summed E-state index contributed by atoms with van der Waals surface area (Å²) in [6, 6.07) is 12.2.